The molecule has 3 heterocycles. The first-order valence-corrected chi connectivity index (χ1v) is 11.5. The average Bonchev–Trinajstić information content (AvgIpc) is 3.23. The summed E-state index contributed by atoms with van der Waals surface area (Å²) in [6.45, 7) is 9.40. The van der Waals surface area contributed by atoms with Crippen LogP contribution in [0.2, 0.25) is 0 Å². The Balaban J connectivity index is 1.38. The smallest absolute Gasteiger partial charge is 0.258 e. The van der Waals surface area contributed by atoms with Gasteiger partial charge in [-0.15, -0.1) is 0 Å². The van der Waals surface area contributed by atoms with Gasteiger partial charge in [-0.2, -0.15) is 0 Å². The predicted molar refractivity (Wildman–Crippen MR) is 124 cm³/mol. The van der Waals surface area contributed by atoms with E-state index in [0.29, 0.717) is 16.3 Å². The van der Waals surface area contributed by atoms with Crippen LogP contribution >= 0.6 is 11.8 Å². The van der Waals surface area contributed by atoms with Gasteiger partial charge in [-0.05, 0) is 49.9 Å². The second-order valence-corrected chi connectivity index (χ2v) is 8.46. The van der Waals surface area contributed by atoms with Gasteiger partial charge in [-0.25, -0.2) is 4.98 Å². The molecule has 0 atom stereocenters. The van der Waals surface area contributed by atoms with Crippen molar-refractivity contribution in [2.45, 2.75) is 24.6 Å². The van der Waals surface area contributed by atoms with E-state index < -0.39 is 0 Å². The molecular formula is C23H27N5O2S. The summed E-state index contributed by atoms with van der Waals surface area (Å²) < 4.78 is 5.11. The summed E-state index contributed by atoms with van der Waals surface area (Å²) in [4.78, 5) is 22.1. The number of hydrogen-bond donors (Lipinski definition) is 1. The van der Waals surface area contributed by atoms with Crippen LogP contribution in [-0.4, -0.2) is 53.7 Å². The van der Waals surface area contributed by atoms with Crippen molar-refractivity contribution in [1.82, 2.24) is 15.0 Å². The molecule has 1 aromatic carbocycles. The maximum absolute atomic E-state index is 12.9. The van der Waals surface area contributed by atoms with Crippen molar-refractivity contribution in [3.8, 4) is 0 Å². The van der Waals surface area contributed by atoms with Crippen molar-refractivity contribution >= 4 is 29.0 Å². The molecule has 1 amide bonds. The number of carbonyl (C=O) groups excluding carboxylic acids is 1. The van der Waals surface area contributed by atoms with Gasteiger partial charge in [-0.1, -0.05) is 23.8 Å². The second-order valence-electron chi connectivity index (χ2n) is 7.50. The monoisotopic (exact) mass is 437 g/mol. The van der Waals surface area contributed by atoms with E-state index in [0.717, 1.165) is 49.9 Å². The Morgan fingerprint density at radius 1 is 1.16 bits per heavy atom. The minimum atomic E-state index is -0.170. The van der Waals surface area contributed by atoms with Gasteiger partial charge in [0.15, 0.2) is 0 Å². The van der Waals surface area contributed by atoms with E-state index in [2.05, 4.69) is 44.3 Å². The number of nitrogens with one attached hydrogen (secondary N) is 1. The summed E-state index contributed by atoms with van der Waals surface area (Å²) in [5.74, 6) is 1.19. The third-order valence-corrected chi connectivity index (χ3v) is 6.40. The summed E-state index contributed by atoms with van der Waals surface area (Å²) in [6, 6.07) is 13.5. The lowest BCUT2D eigenvalue weighted by Crippen LogP contribution is -2.46. The molecule has 31 heavy (non-hydrogen) atoms. The molecule has 3 aromatic rings. The Bertz CT molecular complexity index is 1010. The summed E-state index contributed by atoms with van der Waals surface area (Å²) in [5.41, 5.74) is 3.34. The van der Waals surface area contributed by atoms with Gasteiger partial charge in [0.25, 0.3) is 5.91 Å². The lowest BCUT2D eigenvalue weighted by atomic mass is 10.2. The second kappa shape index (κ2) is 9.98. The number of anilines is 2. The zero-order valence-electron chi connectivity index (χ0n) is 17.9. The number of likely N-dealkylation sites (N-methyl/N-ethyl adjacent to an activating group) is 1. The Kier molecular flexibility index (Phi) is 6.89. The molecule has 8 heteroatoms. The topological polar surface area (TPSA) is 74.5 Å². The van der Waals surface area contributed by atoms with Crippen molar-refractivity contribution in [3.63, 3.8) is 0 Å². The highest BCUT2D eigenvalue weighted by Gasteiger charge is 2.17. The summed E-state index contributed by atoms with van der Waals surface area (Å²) >= 11 is 1.47. The number of pyridine rings is 1. The van der Waals surface area contributed by atoms with Crippen LogP contribution in [-0.2, 0) is 5.75 Å². The zero-order valence-corrected chi connectivity index (χ0v) is 18.7. The van der Waals surface area contributed by atoms with E-state index >= 15 is 0 Å². The SMILES string of the molecule is CCN1CCN(c2ccc(NC(=O)c3cccnc3SCc3cc(C)on3)cc2)CC1. The van der Waals surface area contributed by atoms with Crippen molar-refractivity contribution in [2.75, 3.05) is 42.9 Å². The lowest BCUT2D eigenvalue weighted by Gasteiger charge is -2.35. The molecule has 0 spiro atoms. The number of thioether (sulfide) groups is 1. The number of nitrogens with zero attached hydrogens (tertiary/aromatic N) is 4. The third-order valence-electron chi connectivity index (χ3n) is 5.36. The zero-order chi connectivity index (χ0) is 21.6. The van der Waals surface area contributed by atoms with E-state index in [1.165, 1.54) is 17.4 Å². The fourth-order valence-electron chi connectivity index (χ4n) is 3.58. The number of carbonyl (C=O) groups is 1. The maximum atomic E-state index is 12.9. The molecule has 1 aliphatic heterocycles. The van der Waals surface area contributed by atoms with Crippen LogP contribution in [0.1, 0.15) is 28.7 Å². The van der Waals surface area contributed by atoms with E-state index in [1.54, 1.807) is 18.3 Å². The van der Waals surface area contributed by atoms with Gasteiger partial charge in [0.2, 0.25) is 0 Å². The normalized spacial score (nSPS) is 14.6. The molecule has 7 nitrogen and oxygen atoms in total. The number of amides is 1. The molecule has 4 rings (SSSR count). The summed E-state index contributed by atoms with van der Waals surface area (Å²) in [7, 11) is 0. The van der Waals surface area contributed by atoms with E-state index in [4.69, 9.17) is 4.52 Å². The maximum Gasteiger partial charge on any atom is 0.258 e. The largest absolute Gasteiger partial charge is 0.369 e. The first-order chi connectivity index (χ1) is 15.1. The molecule has 1 N–H and O–H groups in total. The van der Waals surface area contributed by atoms with Crippen molar-refractivity contribution < 1.29 is 9.32 Å². The van der Waals surface area contributed by atoms with Crippen molar-refractivity contribution in [2.24, 2.45) is 0 Å². The van der Waals surface area contributed by atoms with E-state index in [9.17, 15) is 4.79 Å². The molecule has 0 bridgehead atoms. The Hall–Kier alpha value is -2.84. The van der Waals surface area contributed by atoms with Crippen molar-refractivity contribution in [1.29, 1.82) is 0 Å². The molecule has 0 aliphatic carbocycles. The number of piperazine rings is 1. The quantitative estimate of drug-likeness (QED) is 0.559. The first-order valence-electron chi connectivity index (χ1n) is 10.5. The molecular weight excluding hydrogens is 410 g/mol. The van der Waals surface area contributed by atoms with Crippen molar-refractivity contribution in [3.05, 3.63) is 65.7 Å². The number of aryl methyl sites for hydroxylation is 1. The highest BCUT2D eigenvalue weighted by Crippen LogP contribution is 2.25. The summed E-state index contributed by atoms with van der Waals surface area (Å²) in [6.07, 6.45) is 1.69. The van der Waals surface area contributed by atoms with Gasteiger partial charge in [0.05, 0.1) is 11.3 Å². The lowest BCUT2D eigenvalue weighted by molar-refractivity contribution is 0.102. The summed E-state index contributed by atoms with van der Waals surface area (Å²) in [5, 5.41) is 7.66. The van der Waals surface area contributed by atoms with Gasteiger partial charge in [0, 0.05) is 55.6 Å². The minimum Gasteiger partial charge on any atom is -0.369 e. The highest BCUT2D eigenvalue weighted by atomic mass is 32.2. The van der Waals surface area contributed by atoms with Crippen LogP contribution in [0, 0.1) is 6.92 Å². The predicted octanol–water partition coefficient (Wildman–Crippen LogP) is 4.06. The molecule has 162 valence electrons. The van der Waals surface area contributed by atoms with Crippen LogP contribution < -0.4 is 10.2 Å². The number of rotatable bonds is 7. The molecule has 1 saturated heterocycles. The first kappa shape index (κ1) is 21.4. The molecule has 0 unspecified atom stereocenters. The van der Waals surface area contributed by atoms with Gasteiger partial charge in [-0.3, -0.25) is 4.79 Å². The fraction of sp³-hybridized carbons (Fsp3) is 0.348. The number of hydrogen-bond acceptors (Lipinski definition) is 7. The van der Waals surface area contributed by atoms with Crippen LogP contribution in [0.4, 0.5) is 11.4 Å². The third kappa shape index (κ3) is 5.45. The molecule has 1 fully saturated rings. The molecule has 2 aromatic heterocycles. The van der Waals surface area contributed by atoms with Crippen LogP contribution in [0.5, 0.6) is 0 Å². The van der Waals surface area contributed by atoms with Crippen LogP contribution in [0.15, 0.2) is 58.2 Å². The molecule has 0 saturated carbocycles. The van der Waals surface area contributed by atoms with Gasteiger partial charge in [0.1, 0.15) is 10.8 Å². The standard InChI is InChI=1S/C23H27N5O2S/c1-3-27-11-13-28(14-12-27)20-8-6-18(7-9-20)25-22(29)21-5-4-10-24-23(21)31-16-19-15-17(2)30-26-19/h4-10,15H,3,11-14,16H2,1-2H3,(H,25,29). The fourth-order valence-corrected chi connectivity index (χ4v) is 4.46. The van der Waals surface area contributed by atoms with E-state index in [1.807, 2.05) is 25.1 Å². The Morgan fingerprint density at radius 2 is 1.94 bits per heavy atom. The van der Waals surface area contributed by atoms with E-state index in [-0.39, 0.29) is 5.91 Å². The molecule has 1 aliphatic rings. The number of aromatic nitrogens is 2. The minimum absolute atomic E-state index is 0.170. The molecule has 0 radical (unpaired) electrons. The van der Waals surface area contributed by atoms with Gasteiger partial charge < -0.3 is 19.6 Å². The Labute approximate surface area is 186 Å². The van der Waals surface area contributed by atoms with Crippen LogP contribution in [0.3, 0.4) is 0 Å². The number of benzene rings is 1. The average molecular weight is 438 g/mol. The van der Waals surface area contributed by atoms with Gasteiger partial charge >= 0.3 is 0 Å². The Morgan fingerprint density at radius 3 is 2.61 bits per heavy atom. The van der Waals surface area contributed by atoms with Crippen LogP contribution in [0.25, 0.3) is 0 Å². The highest BCUT2D eigenvalue weighted by molar-refractivity contribution is 7.98.